The highest BCUT2D eigenvalue weighted by atomic mass is 16.3. The number of hydrogen-bond donors (Lipinski definition) is 1. The van der Waals surface area contributed by atoms with E-state index < -0.39 is 6.10 Å². The summed E-state index contributed by atoms with van der Waals surface area (Å²) in [7, 11) is 0. The fourth-order valence-corrected chi connectivity index (χ4v) is 2.07. The summed E-state index contributed by atoms with van der Waals surface area (Å²) >= 11 is 0. The SMILES string of the molecule is C=CCN(c1ccccc1[C@H](C)O)C1CC1. The molecule has 0 spiro atoms. The van der Waals surface area contributed by atoms with Gasteiger partial charge in [-0.05, 0) is 25.8 Å². The number of aliphatic hydroxyl groups excluding tert-OH is 1. The molecule has 0 bridgehead atoms. The molecule has 0 unspecified atom stereocenters. The van der Waals surface area contributed by atoms with Gasteiger partial charge in [0.25, 0.3) is 0 Å². The Morgan fingerprint density at radius 1 is 1.50 bits per heavy atom. The van der Waals surface area contributed by atoms with Crippen molar-refractivity contribution in [2.24, 2.45) is 0 Å². The second-order valence-corrected chi connectivity index (χ2v) is 4.41. The molecule has 0 aromatic heterocycles. The van der Waals surface area contributed by atoms with Gasteiger partial charge >= 0.3 is 0 Å². The molecular weight excluding hydrogens is 198 g/mol. The maximum atomic E-state index is 9.77. The van der Waals surface area contributed by atoms with Gasteiger partial charge < -0.3 is 10.0 Å². The molecular formula is C14H19NO. The summed E-state index contributed by atoms with van der Waals surface area (Å²) in [6, 6.07) is 8.73. The third kappa shape index (κ3) is 2.27. The molecule has 1 N–H and O–H groups in total. The van der Waals surface area contributed by atoms with E-state index in [2.05, 4.69) is 17.5 Å². The van der Waals surface area contributed by atoms with Crippen molar-refractivity contribution in [3.8, 4) is 0 Å². The van der Waals surface area contributed by atoms with Crippen LogP contribution in [0.25, 0.3) is 0 Å². The molecule has 0 radical (unpaired) electrons. The zero-order chi connectivity index (χ0) is 11.5. The lowest BCUT2D eigenvalue weighted by atomic mass is 10.1. The zero-order valence-electron chi connectivity index (χ0n) is 9.76. The summed E-state index contributed by atoms with van der Waals surface area (Å²) in [5.74, 6) is 0. The van der Waals surface area contributed by atoms with Crippen molar-refractivity contribution in [2.75, 3.05) is 11.4 Å². The second-order valence-electron chi connectivity index (χ2n) is 4.41. The molecule has 0 heterocycles. The van der Waals surface area contributed by atoms with Gasteiger partial charge in [-0.2, -0.15) is 0 Å². The highest BCUT2D eigenvalue weighted by Crippen LogP contribution is 2.35. The van der Waals surface area contributed by atoms with Crippen molar-refractivity contribution in [2.45, 2.75) is 31.9 Å². The average Bonchev–Trinajstić information content (AvgIpc) is 3.10. The van der Waals surface area contributed by atoms with E-state index in [1.165, 1.54) is 12.8 Å². The molecule has 1 aliphatic carbocycles. The molecule has 1 aliphatic rings. The molecule has 2 heteroatoms. The highest BCUT2D eigenvalue weighted by Gasteiger charge is 2.29. The molecule has 86 valence electrons. The largest absolute Gasteiger partial charge is 0.389 e. The van der Waals surface area contributed by atoms with Crippen LogP contribution in [-0.2, 0) is 0 Å². The number of anilines is 1. The lowest BCUT2D eigenvalue weighted by molar-refractivity contribution is 0.199. The molecule has 0 saturated heterocycles. The Labute approximate surface area is 97.2 Å². The van der Waals surface area contributed by atoms with Crippen molar-refractivity contribution in [3.63, 3.8) is 0 Å². The first-order valence-electron chi connectivity index (χ1n) is 5.88. The van der Waals surface area contributed by atoms with Crippen LogP contribution in [-0.4, -0.2) is 17.7 Å². The van der Waals surface area contributed by atoms with Gasteiger partial charge in [-0.25, -0.2) is 0 Å². The van der Waals surface area contributed by atoms with E-state index in [9.17, 15) is 5.11 Å². The molecule has 1 aromatic carbocycles. The fraction of sp³-hybridized carbons (Fsp3) is 0.429. The maximum Gasteiger partial charge on any atom is 0.0781 e. The molecule has 2 nitrogen and oxygen atoms in total. The van der Waals surface area contributed by atoms with E-state index in [0.29, 0.717) is 6.04 Å². The minimum absolute atomic E-state index is 0.415. The predicted molar refractivity (Wildman–Crippen MR) is 67.6 cm³/mol. The summed E-state index contributed by atoms with van der Waals surface area (Å²) < 4.78 is 0. The topological polar surface area (TPSA) is 23.5 Å². The third-order valence-corrected chi connectivity index (χ3v) is 3.01. The van der Waals surface area contributed by atoms with Crippen LogP contribution in [0, 0.1) is 0 Å². The molecule has 0 aliphatic heterocycles. The van der Waals surface area contributed by atoms with Crippen LogP contribution < -0.4 is 4.90 Å². The molecule has 1 aromatic rings. The van der Waals surface area contributed by atoms with Crippen molar-refractivity contribution in [3.05, 3.63) is 42.5 Å². The van der Waals surface area contributed by atoms with Gasteiger partial charge in [0.1, 0.15) is 0 Å². The van der Waals surface area contributed by atoms with Crippen LogP contribution in [0.15, 0.2) is 36.9 Å². The Morgan fingerprint density at radius 3 is 2.75 bits per heavy atom. The van der Waals surface area contributed by atoms with Gasteiger partial charge in [-0.15, -0.1) is 6.58 Å². The Hall–Kier alpha value is -1.28. The first kappa shape index (κ1) is 11.2. The fourth-order valence-electron chi connectivity index (χ4n) is 2.07. The lowest BCUT2D eigenvalue weighted by Crippen LogP contribution is -2.26. The average molecular weight is 217 g/mol. The normalized spacial score (nSPS) is 16.9. The number of rotatable bonds is 5. The van der Waals surface area contributed by atoms with Gasteiger partial charge in [0, 0.05) is 23.8 Å². The Kier molecular flexibility index (Phi) is 3.30. The summed E-state index contributed by atoms with van der Waals surface area (Å²) in [4.78, 5) is 2.34. The van der Waals surface area contributed by atoms with E-state index in [1.54, 1.807) is 0 Å². The van der Waals surface area contributed by atoms with Crippen LogP contribution in [0.1, 0.15) is 31.4 Å². The number of nitrogens with zero attached hydrogens (tertiary/aromatic N) is 1. The predicted octanol–water partition coefficient (Wildman–Crippen LogP) is 2.89. The van der Waals surface area contributed by atoms with E-state index in [-0.39, 0.29) is 0 Å². The van der Waals surface area contributed by atoms with Crippen LogP contribution in [0.4, 0.5) is 5.69 Å². The van der Waals surface area contributed by atoms with Gasteiger partial charge in [0.05, 0.1) is 6.10 Å². The van der Waals surface area contributed by atoms with Gasteiger partial charge in [0.15, 0.2) is 0 Å². The molecule has 2 rings (SSSR count). The van der Waals surface area contributed by atoms with E-state index in [1.807, 2.05) is 31.2 Å². The molecule has 0 amide bonds. The monoisotopic (exact) mass is 217 g/mol. The Balaban J connectivity index is 2.31. The van der Waals surface area contributed by atoms with E-state index in [0.717, 1.165) is 17.8 Å². The minimum atomic E-state index is -0.415. The van der Waals surface area contributed by atoms with E-state index in [4.69, 9.17) is 0 Å². The highest BCUT2D eigenvalue weighted by molar-refractivity contribution is 5.56. The molecule has 16 heavy (non-hydrogen) atoms. The van der Waals surface area contributed by atoms with Gasteiger partial charge in [-0.1, -0.05) is 24.3 Å². The van der Waals surface area contributed by atoms with Crippen molar-refractivity contribution in [1.29, 1.82) is 0 Å². The van der Waals surface area contributed by atoms with Crippen LogP contribution >= 0.6 is 0 Å². The summed E-state index contributed by atoms with van der Waals surface area (Å²) in [6.07, 6.45) is 4.02. The molecule has 1 saturated carbocycles. The smallest absolute Gasteiger partial charge is 0.0781 e. The quantitative estimate of drug-likeness (QED) is 0.767. The summed E-state index contributed by atoms with van der Waals surface area (Å²) in [5.41, 5.74) is 2.16. The second kappa shape index (κ2) is 4.71. The number of hydrogen-bond acceptors (Lipinski definition) is 2. The first-order valence-corrected chi connectivity index (χ1v) is 5.88. The minimum Gasteiger partial charge on any atom is -0.389 e. The van der Waals surface area contributed by atoms with Crippen LogP contribution in [0.3, 0.4) is 0 Å². The summed E-state index contributed by atoms with van der Waals surface area (Å²) in [5, 5.41) is 9.77. The molecule has 1 atom stereocenters. The number of para-hydroxylation sites is 1. The third-order valence-electron chi connectivity index (χ3n) is 3.01. The standard InChI is InChI=1S/C14H19NO/c1-3-10-15(12-8-9-12)14-7-5-4-6-13(14)11(2)16/h3-7,11-12,16H,1,8-10H2,2H3/t11-/m0/s1. The molecule has 1 fully saturated rings. The van der Waals surface area contributed by atoms with Crippen LogP contribution in [0.2, 0.25) is 0 Å². The maximum absolute atomic E-state index is 9.77. The number of benzene rings is 1. The Morgan fingerprint density at radius 2 is 2.19 bits per heavy atom. The van der Waals surface area contributed by atoms with Crippen molar-refractivity contribution in [1.82, 2.24) is 0 Å². The van der Waals surface area contributed by atoms with Gasteiger partial charge in [0.2, 0.25) is 0 Å². The first-order chi connectivity index (χ1) is 7.74. The van der Waals surface area contributed by atoms with Crippen molar-refractivity contribution < 1.29 is 5.11 Å². The van der Waals surface area contributed by atoms with Crippen molar-refractivity contribution >= 4 is 5.69 Å². The zero-order valence-corrected chi connectivity index (χ0v) is 9.76. The van der Waals surface area contributed by atoms with Crippen LogP contribution in [0.5, 0.6) is 0 Å². The summed E-state index contributed by atoms with van der Waals surface area (Å²) in [6.45, 7) is 6.48. The van der Waals surface area contributed by atoms with E-state index >= 15 is 0 Å². The van der Waals surface area contributed by atoms with Gasteiger partial charge in [-0.3, -0.25) is 0 Å². The number of aliphatic hydroxyl groups is 1. The Bertz CT molecular complexity index is 369. The lowest BCUT2D eigenvalue weighted by Gasteiger charge is -2.26.